The van der Waals surface area contributed by atoms with Crippen LogP contribution in [0.2, 0.25) is 0 Å². The first kappa shape index (κ1) is 18.2. The largest absolute Gasteiger partial charge is 0.497 e. The summed E-state index contributed by atoms with van der Waals surface area (Å²) < 4.78 is 15.6. The molecule has 9 nitrogen and oxygen atoms in total. The number of nitrogens with one attached hydrogen (secondary N) is 2. The number of benzene rings is 1. The Balaban J connectivity index is 1.49. The number of hydrogen-bond acceptors (Lipinski definition) is 8. The zero-order valence-corrected chi connectivity index (χ0v) is 14.9. The van der Waals surface area contributed by atoms with E-state index < -0.39 is 5.91 Å². The number of aryl methyl sites for hydroxylation is 1. The average Bonchev–Trinajstić information content (AvgIpc) is 3.10. The average molecular weight is 369 g/mol. The number of rotatable bonds is 8. The highest BCUT2D eigenvalue weighted by atomic mass is 16.5. The molecule has 0 fully saturated rings. The number of carbonyl (C=O) groups is 1. The third kappa shape index (κ3) is 5.18. The molecule has 9 heteroatoms. The molecule has 2 aromatic heterocycles. The number of carbonyl (C=O) groups excluding carboxylic acids is 1. The van der Waals surface area contributed by atoms with Gasteiger partial charge in [-0.1, -0.05) is 5.16 Å². The van der Waals surface area contributed by atoms with Crippen molar-refractivity contribution >= 4 is 17.7 Å². The summed E-state index contributed by atoms with van der Waals surface area (Å²) >= 11 is 0. The minimum Gasteiger partial charge on any atom is -0.497 e. The Morgan fingerprint density at radius 2 is 1.96 bits per heavy atom. The van der Waals surface area contributed by atoms with E-state index in [4.69, 9.17) is 14.0 Å². The fourth-order valence-corrected chi connectivity index (χ4v) is 2.18. The second-order valence-corrected chi connectivity index (χ2v) is 5.49. The molecule has 2 heterocycles. The van der Waals surface area contributed by atoms with Crippen molar-refractivity contribution in [2.45, 2.75) is 6.92 Å². The highest BCUT2D eigenvalue weighted by Gasteiger charge is 2.11. The summed E-state index contributed by atoms with van der Waals surface area (Å²) in [6, 6.07) is 10.4. The minimum absolute atomic E-state index is 0.212. The van der Waals surface area contributed by atoms with Crippen LogP contribution in [0, 0.1) is 6.92 Å². The van der Waals surface area contributed by atoms with E-state index in [1.54, 1.807) is 20.1 Å². The van der Waals surface area contributed by atoms with Gasteiger partial charge in [0.25, 0.3) is 5.91 Å². The Morgan fingerprint density at radius 1 is 1.19 bits per heavy atom. The molecule has 2 N–H and O–H groups in total. The summed E-state index contributed by atoms with van der Waals surface area (Å²) in [6.45, 7) is 2.62. The highest BCUT2D eigenvalue weighted by Crippen LogP contribution is 2.16. The molecule has 0 saturated heterocycles. The van der Waals surface area contributed by atoms with Crippen LogP contribution in [-0.4, -0.2) is 41.3 Å². The van der Waals surface area contributed by atoms with Crippen LogP contribution in [-0.2, 0) is 0 Å². The second-order valence-electron chi connectivity index (χ2n) is 5.49. The van der Waals surface area contributed by atoms with Gasteiger partial charge in [-0.15, -0.1) is 0 Å². The van der Waals surface area contributed by atoms with Gasteiger partial charge in [-0.05, 0) is 37.3 Å². The fourth-order valence-electron chi connectivity index (χ4n) is 2.18. The smallest absolute Gasteiger partial charge is 0.275 e. The van der Waals surface area contributed by atoms with Crippen LogP contribution in [0.25, 0.3) is 0 Å². The van der Waals surface area contributed by atoms with Gasteiger partial charge in [0.15, 0.2) is 5.82 Å². The van der Waals surface area contributed by atoms with E-state index in [0.717, 1.165) is 11.5 Å². The Morgan fingerprint density at radius 3 is 2.67 bits per heavy atom. The number of methoxy groups -OCH3 is 1. The molecular weight excluding hydrogens is 350 g/mol. The number of anilines is 2. The molecule has 27 heavy (non-hydrogen) atoms. The SMILES string of the molecule is COc1ccc(OCCNc2nccc(C(=O)Nc3cc(C)on3)n2)cc1. The van der Waals surface area contributed by atoms with Crippen molar-refractivity contribution in [2.24, 2.45) is 0 Å². The van der Waals surface area contributed by atoms with Crippen LogP contribution in [0.15, 0.2) is 47.1 Å². The topological polar surface area (TPSA) is 111 Å². The number of hydrogen-bond donors (Lipinski definition) is 2. The molecule has 140 valence electrons. The summed E-state index contributed by atoms with van der Waals surface area (Å²) in [4.78, 5) is 20.5. The van der Waals surface area contributed by atoms with Crippen molar-refractivity contribution in [1.82, 2.24) is 15.1 Å². The number of ether oxygens (including phenoxy) is 2. The van der Waals surface area contributed by atoms with E-state index in [9.17, 15) is 4.79 Å². The van der Waals surface area contributed by atoms with Crippen molar-refractivity contribution < 1.29 is 18.8 Å². The summed E-state index contributed by atoms with van der Waals surface area (Å²) in [6.07, 6.45) is 1.50. The molecule has 0 spiro atoms. The van der Waals surface area contributed by atoms with Gasteiger partial charge < -0.3 is 24.6 Å². The molecule has 0 aliphatic carbocycles. The monoisotopic (exact) mass is 369 g/mol. The molecule has 1 amide bonds. The normalized spacial score (nSPS) is 10.3. The standard InChI is InChI=1S/C18H19N5O4/c1-12-11-16(23-27-12)22-17(24)15-7-8-19-18(21-15)20-9-10-26-14-5-3-13(25-2)4-6-14/h3-8,11H,9-10H2,1-2H3,(H,19,20,21)(H,22,23,24). The Hall–Kier alpha value is -3.62. The summed E-state index contributed by atoms with van der Waals surface area (Å²) in [5.74, 6) is 2.37. The van der Waals surface area contributed by atoms with Gasteiger partial charge in [-0.25, -0.2) is 9.97 Å². The van der Waals surface area contributed by atoms with E-state index >= 15 is 0 Å². The Kier molecular flexibility index (Phi) is 5.83. The van der Waals surface area contributed by atoms with Crippen LogP contribution >= 0.6 is 0 Å². The van der Waals surface area contributed by atoms with Crippen molar-refractivity contribution in [3.63, 3.8) is 0 Å². The Bertz CT molecular complexity index is 895. The van der Waals surface area contributed by atoms with E-state index in [1.165, 1.54) is 12.3 Å². The molecule has 0 bridgehead atoms. The van der Waals surface area contributed by atoms with Gasteiger partial charge in [0.2, 0.25) is 5.95 Å². The van der Waals surface area contributed by atoms with E-state index in [-0.39, 0.29) is 5.69 Å². The van der Waals surface area contributed by atoms with Crippen LogP contribution < -0.4 is 20.1 Å². The molecule has 3 aromatic rings. The molecule has 1 aromatic carbocycles. The van der Waals surface area contributed by atoms with E-state index in [2.05, 4.69) is 25.8 Å². The number of amides is 1. The van der Waals surface area contributed by atoms with Gasteiger partial charge in [0, 0.05) is 12.3 Å². The lowest BCUT2D eigenvalue weighted by Crippen LogP contribution is -2.17. The third-order valence-corrected chi connectivity index (χ3v) is 3.47. The van der Waals surface area contributed by atoms with E-state index in [0.29, 0.717) is 30.7 Å². The highest BCUT2D eigenvalue weighted by molar-refractivity contribution is 6.02. The molecule has 0 aliphatic rings. The van der Waals surface area contributed by atoms with Gasteiger partial charge in [0.1, 0.15) is 29.6 Å². The minimum atomic E-state index is -0.400. The third-order valence-electron chi connectivity index (χ3n) is 3.47. The number of aromatic nitrogens is 3. The molecule has 0 atom stereocenters. The van der Waals surface area contributed by atoms with Crippen LogP contribution in [0.3, 0.4) is 0 Å². The lowest BCUT2D eigenvalue weighted by molar-refractivity contribution is 0.102. The number of nitrogens with zero attached hydrogens (tertiary/aromatic N) is 3. The molecule has 0 unspecified atom stereocenters. The predicted octanol–water partition coefficient (Wildman–Crippen LogP) is 2.52. The first-order valence-corrected chi connectivity index (χ1v) is 8.22. The Labute approximate surface area is 155 Å². The molecule has 0 aliphatic heterocycles. The molecule has 0 radical (unpaired) electrons. The maximum Gasteiger partial charge on any atom is 0.275 e. The van der Waals surface area contributed by atoms with E-state index in [1.807, 2.05) is 24.3 Å². The van der Waals surface area contributed by atoms with Crippen molar-refractivity contribution in [1.29, 1.82) is 0 Å². The second kappa shape index (κ2) is 8.65. The molecular formula is C18H19N5O4. The lowest BCUT2D eigenvalue weighted by Gasteiger charge is -2.09. The van der Waals surface area contributed by atoms with Crippen LogP contribution in [0.4, 0.5) is 11.8 Å². The zero-order chi connectivity index (χ0) is 19.1. The van der Waals surface area contributed by atoms with Gasteiger partial charge >= 0.3 is 0 Å². The van der Waals surface area contributed by atoms with Gasteiger partial charge in [0.05, 0.1) is 13.7 Å². The maximum atomic E-state index is 12.2. The zero-order valence-electron chi connectivity index (χ0n) is 14.9. The first-order valence-electron chi connectivity index (χ1n) is 8.22. The molecule has 3 rings (SSSR count). The first-order chi connectivity index (χ1) is 13.1. The van der Waals surface area contributed by atoms with Gasteiger partial charge in [-0.2, -0.15) is 0 Å². The van der Waals surface area contributed by atoms with Gasteiger partial charge in [-0.3, -0.25) is 4.79 Å². The summed E-state index contributed by atoms with van der Waals surface area (Å²) in [5, 5.41) is 9.34. The lowest BCUT2D eigenvalue weighted by atomic mass is 10.3. The van der Waals surface area contributed by atoms with Crippen molar-refractivity contribution in [3.05, 3.63) is 54.0 Å². The fraction of sp³-hybridized carbons (Fsp3) is 0.222. The quantitative estimate of drug-likeness (QED) is 0.583. The molecule has 0 saturated carbocycles. The predicted molar refractivity (Wildman–Crippen MR) is 98.2 cm³/mol. The van der Waals surface area contributed by atoms with Crippen LogP contribution in [0.1, 0.15) is 16.2 Å². The summed E-state index contributed by atoms with van der Waals surface area (Å²) in [5.41, 5.74) is 0.212. The summed E-state index contributed by atoms with van der Waals surface area (Å²) in [7, 11) is 1.61. The maximum absolute atomic E-state index is 12.2. The van der Waals surface area contributed by atoms with Crippen molar-refractivity contribution in [2.75, 3.05) is 30.9 Å². The van der Waals surface area contributed by atoms with Crippen molar-refractivity contribution in [3.8, 4) is 11.5 Å². The van der Waals surface area contributed by atoms with Crippen LogP contribution in [0.5, 0.6) is 11.5 Å².